The van der Waals surface area contributed by atoms with Crippen LogP contribution < -0.4 is 5.73 Å². The molecule has 0 aromatic heterocycles. The predicted octanol–water partition coefficient (Wildman–Crippen LogP) is 3.23. The van der Waals surface area contributed by atoms with E-state index in [0.29, 0.717) is 5.92 Å². The van der Waals surface area contributed by atoms with Gasteiger partial charge in [0, 0.05) is 0 Å². The van der Waals surface area contributed by atoms with E-state index in [0.717, 1.165) is 12.5 Å². The van der Waals surface area contributed by atoms with Gasteiger partial charge >= 0.3 is 0 Å². The van der Waals surface area contributed by atoms with E-state index >= 15 is 0 Å². The zero-order valence-electron chi connectivity index (χ0n) is 9.58. The zero-order valence-corrected chi connectivity index (χ0v) is 9.58. The molecule has 0 aliphatic heterocycles. The fourth-order valence-corrected chi connectivity index (χ4v) is 2.77. The molecule has 1 aliphatic rings. The van der Waals surface area contributed by atoms with Crippen LogP contribution in [0.15, 0.2) is 24.3 Å². The first-order chi connectivity index (χ1) is 7.31. The molecule has 0 radical (unpaired) electrons. The van der Waals surface area contributed by atoms with Crippen LogP contribution in [0.25, 0.3) is 0 Å². The number of aryl methyl sites for hydroxylation is 1. The van der Waals surface area contributed by atoms with Crippen LogP contribution in [-0.4, -0.2) is 6.54 Å². The number of nitrogens with two attached hydrogens (primary N) is 1. The average Bonchev–Trinajstić information content (AvgIpc) is 2.75. The van der Waals surface area contributed by atoms with Gasteiger partial charge in [0.25, 0.3) is 0 Å². The summed E-state index contributed by atoms with van der Waals surface area (Å²) in [6, 6.07) is 8.91. The Labute approximate surface area is 92.7 Å². The van der Waals surface area contributed by atoms with Crippen molar-refractivity contribution < 1.29 is 0 Å². The first kappa shape index (κ1) is 10.7. The molecule has 1 aliphatic carbocycles. The van der Waals surface area contributed by atoms with Crippen molar-refractivity contribution in [3.05, 3.63) is 35.4 Å². The molecule has 2 N–H and O–H groups in total. The third-order valence-corrected chi connectivity index (χ3v) is 3.73. The monoisotopic (exact) mass is 203 g/mol. The van der Waals surface area contributed by atoms with Gasteiger partial charge in [-0.1, -0.05) is 42.7 Å². The van der Waals surface area contributed by atoms with Gasteiger partial charge in [-0.25, -0.2) is 0 Å². The van der Waals surface area contributed by atoms with Crippen molar-refractivity contribution in [1.82, 2.24) is 0 Å². The minimum absolute atomic E-state index is 0.591. The minimum Gasteiger partial charge on any atom is -0.330 e. The highest BCUT2D eigenvalue weighted by atomic mass is 14.6. The van der Waals surface area contributed by atoms with Crippen LogP contribution in [-0.2, 0) is 0 Å². The lowest BCUT2D eigenvalue weighted by atomic mass is 9.85. The summed E-state index contributed by atoms with van der Waals surface area (Å²) in [4.78, 5) is 0. The van der Waals surface area contributed by atoms with Crippen molar-refractivity contribution in [1.29, 1.82) is 0 Å². The largest absolute Gasteiger partial charge is 0.330 e. The van der Waals surface area contributed by atoms with Gasteiger partial charge in [-0.3, -0.25) is 0 Å². The Kier molecular flexibility index (Phi) is 3.42. The molecule has 0 heterocycles. The summed E-state index contributed by atoms with van der Waals surface area (Å²) in [6.45, 7) is 2.94. The molecule has 0 bridgehead atoms. The molecule has 1 fully saturated rings. The molecule has 15 heavy (non-hydrogen) atoms. The first-order valence-corrected chi connectivity index (χ1v) is 6.08. The SMILES string of the molecule is Cc1ccc(C(CN)C2CCCC2)cc1. The highest BCUT2D eigenvalue weighted by molar-refractivity contribution is 5.25. The van der Waals surface area contributed by atoms with Crippen LogP contribution >= 0.6 is 0 Å². The first-order valence-electron chi connectivity index (χ1n) is 6.08. The Balaban J connectivity index is 2.14. The number of hydrogen-bond donors (Lipinski definition) is 1. The Bertz CT molecular complexity index is 296. The lowest BCUT2D eigenvalue weighted by Gasteiger charge is -2.22. The van der Waals surface area contributed by atoms with Crippen LogP contribution in [0.4, 0.5) is 0 Å². The van der Waals surface area contributed by atoms with Gasteiger partial charge in [0.1, 0.15) is 0 Å². The van der Waals surface area contributed by atoms with Gasteiger partial charge in [-0.05, 0) is 43.7 Å². The van der Waals surface area contributed by atoms with Crippen molar-refractivity contribution in [3.8, 4) is 0 Å². The Morgan fingerprint density at radius 1 is 1.20 bits per heavy atom. The Morgan fingerprint density at radius 2 is 1.80 bits per heavy atom. The fraction of sp³-hybridized carbons (Fsp3) is 0.571. The molecule has 1 saturated carbocycles. The maximum absolute atomic E-state index is 5.92. The number of hydrogen-bond acceptors (Lipinski definition) is 1. The summed E-state index contributed by atoms with van der Waals surface area (Å²) in [5.41, 5.74) is 8.70. The highest BCUT2D eigenvalue weighted by Crippen LogP contribution is 2.36. The van der Waals surface area contributed by atoms with E-state index in [9.17, 15) is 0 Å². The third kappa shape index (κ3) is 2.40. The molecule has 1 atom stereocenters. The second-order valence-corrected chi connectivity index (χ2v) is 4.80. The molecular weight excluding hydrogens is 182 g/mol. The van der Waals surface area contributed by atoms with E-state index in [1.165, 1.54) is 36.8 Å². The van der Waals surface area contributed by atoms with Crippen molar-refractivity contribution in [2.45, 2.75) is 38.5 Å². The van der Waals surface area contributed by atoms with Crippen LogP contribution in [0.2, 0.25) is 0 Å². The number of rotatable bonds is 3. The van der Waals surface area contributed by atoms with E-state index in [2.05, 4.69) is 31.2 Å². The van der Waals surface area contributed by atoms with Crippen molar-refractivity contribution in [2.24, 2.45) is 11.7 Å². The third-order valence-electron chi connectivity index (χ3n) is 3.73. The van der Waals surface area contributed by atoms with E-state index < -0.39 is 0 Å². The lowest BCUT2D eigenvalue weighted by molar-refractivity contribution is 0.440. The predicted molar refractivity (Wildman–Crippen MR) is 64.9 cm³/mol. The summed E-state index contributed by atoms with van der Waals surface area (Å²) in [5, 5.41) is 0. The molecule has 0 amide bonds. The van der Waals surface area contributed by atoms with Gasteiger partial charge in [-0.15, -0.1) is 0 Å². The summed E-state index contributed by atoms with van der Waals surface area (Å²) >= 11 is 0. The molecule has 1 heteroatoms. The van der Waals surface area contributed by atoms with E-state index in [1.54, 1.807) is 0 Å². The summed E-state index contributed by atoms with van der Waals surface area (Å²) in [6.07, 6.45) is 5.53. The Hall–Kier alpha value is -0.820. The molecule has 1 aromatic rings. The van der Waals surface area contributed by atoms with Crippen molar-refractivity contribution in [2.75, 3.05) is 6.54 Å². The van der Waals surface area contributed by atoms with Gasteiger partial charge in [0.05, 0.1) is 0 Å². The van der Waals surface area contributed by atoms with Crippen molar-refractivity contribution >= 4 is 0 Å². The van der Waals surface area contributed by atoms with Gasteiger partial charge in [0.2, 0.25) is 0 Å². The minimum atomic E-state index is 0.591. The Morgan fingerprint density at radius 3 is 2.33 bits per heavy atom. The van der Waals surface area contributed by atoms with E-state index in [4.69, 9.17) is 5.73 Å². The maximum atomic E-state index is 5.92. The zero-order chi connectivity index (χ0) is 10.7. The van der Waals surface area contributed by atoms with Crippen molar-refractivity contribution in [3.63, 3.8) is 0 Å². The lowest BCUT2D eigenvalue weighted by Crippen LogP contribution is -2.19. The van der Waals surface area contributed by atoms with Crippen LogP contribution in [0, 0.1) is 12.8 Å². The second-order valence-electron chi connectivity index (χ2n) is 4.80. The van der Waals surface area contributed by atoms with Crippen LogP contribution in [0.1, 0.15) is 42.7 Å². The standard InChI is InChI=1S/C14H21N/c1-11-6-8-13(9-7-11)14(10-15)12-4-2-3-5-12/h6-9,12,14H,2-5,10,15H2,1H3. The van der Waals surface area contributed by atoms with Gasteiger partial charge < -0.3 is 5.73 Å². The van der Waals surface area contributed by atoms with Crippen LogP contribution in [0.3, 0.4) is 0 Å². The van der Waals surface area contributed by atoms with E-state index in [1.807, 2.05) is 0 Å². The molecule has 0 spiro atoms. The molecule has 1 nitrogen and oxygen atoms in total. The normalized spacial score (nSPS) is 19.3. The van der Waals surface area contributed by atoms with Gasteiger partial charge in [0.15, 0.2) is 0 Å². The molecule has 1 unspecified atom stereocenters. The summed E-state index contributed by atoms with van der Waals surface area (Å²) in [7, 11) is 0. The topological polar surface area (TPSA) is 26.0 Å². The molecule has 2 rings (SSSR count). The fourth-order valence-electron chi connectivity index (χ4n) is 2.77. The van der Waals surface area contributed by atoms with E-state index in [-0.39, 0.29) is 0 Å². The summed E-state index contributed by atoms with van der Waals surface area (Å²) < 4.78 is 0. The molecule has 1 aromatic carbocycles. The number of benzene rings is 1. The smallest absolute Gasteiger partial charge is 0.000556 e. The van der Waals surface area contributed by atoms with Gasteiger partial charge in [-0.2, -0.15) is 0 Å². The summed E-state index contributed by atoms with van der Waals surface area (Å²) in [5.74, 6) is 1.42. The maximum Gasteiger partial charge on any atom is -0.000556 e. The molecular formula is C14H21N. The molecule has 0 saturated heterocycles. The average molecular weight is 203 g/mol. The second kappa shape index (κ2) is 4.80. The molecule has 82 valence electrons. The highest BCUT2D eigenvalue weighted by Gasteiger charge is 2.24. The quantitative estimate of drug-likeness (QED) is 0.802. The van der Waals surface area contributed by atoms with Crippen LogP contribution in [0.5, 0.6) is 0 Å².